The SMILES string of the molecule is Fc1ccccc1C=Cc1nccc2ccccc12. The maximum atomic E-state index is 13.5. The molecule has 0 bridgehead atoms. The van der Waals surface area contributed by atoms with Gasteiger partial charge in [-0.2, -0.15) is 0 Å². The first-order valence-corrected chi connectivity index (χ1v) is 6.11. The second kappa shape index (κ2) is 5.02. The molecule has 1 heterocycles. The maximum Gasteiger partial charge on any atom is 0.130 e. The topological polar surface area (TPSA) is 12.9 Å². The largest absolute Gasteiger partial charge is 0.256 e. The van der Waals surface area contributed by atoms with Crippen LogP contribution >= 0.6 is 0 Å². The molecule has 0 aliphatic rings. The van der Waals surface area contributed by atoms with Gasteiger partial charge in [0.2, 0.25) is 0 Å². The number of halogens is 1. The molecule has 0 saturated heterocycles. The second-order valence-electron chi connectivity index (χ2n) is 4.27. The molecule has 3 rings (SSSR count). The zero-order valence-electron chi connectivity index (χ0n) is 10.3. The Morgan fingerprint density at radius 2 is 1.63 bits per heavy atom. The molecule has 0 aliphatic heterocycles. The Balaban J connectivity index is 2.04. The third-order valence-electron chi connectivity index (χ3n) is 3.03. The van der Waals surface area contributed by atoms with Crippen LogP contribution in [0.3, 0.4) is 0 Å². The van der Waals surface area contributed by atoms with Crippen molar-refractivity contribution in [1.29, 1.82) is 0 Å². The molecule has 0 atom stereocenters. The van der Waals surface area contributed by atoms with E-state index in [2.05, 4.69) is 4.98 Å². The van der Waals surface area contributed by atoms with Crippen LogP contribution in [0.25, 0.3) is 22.9 Å². The lowest BCUT2D eigenvalue weighted by molar-refractivity contribution is 0.625. The zero-order valence-corrected chi connectivity index (χ0v) is 10.3. The molecular weight excluding hydrogens is 237 g/mol. The molecule has 0 amide bonds. The van der Waals surface area contributed by atoms with E-state index in [4.69, 9.17) is 0 Å². The van der Waals surface area contributed by atoms with Crippen LogP contribution in [0, 0.1) is 5.82 Å². The van der Waals surface area contributed by atoms with Crippen LogP contribution in [0.4, 0.5) is 4.39 Å². The van der Waals surface area contributed by atoms with Gasteiger partial charge in [-0.25, -0.2) is 4.39 Å². The third-order valence-corrected chi connectivity index (χ3v) is 3.03. The Bertz CT molecular complexity index is 742. The van der Waals surface area contributed by atoms with Crippen LogP contribution < -0.4 is 0 Å². The summed E-state index contributed by atoms with van der Waals surface area (Å²) in [6.45, 7) is 0. The Morgan fingerprint density at radius 3 is 2.53 bits per heavy atom. The van der Waals surface area contributed by atoms with Crippen LogP contribution in [-0.2, 0) is 0 Å². The molecule has 0 N–H and O–H groups in total. The first kappa shape index (κ1) is 11.6. The van der Waals surface area contributed by atoms with Crippen molar-refractivity contribution in [3.63, 3.8) is 0 Å². The minimum atomic E-state index is -0.223. The van der Waals surface area contributed by atoms with Crippen LogP contribution in [-0.4, -0.2) is 4.98 Å². The number of hydrogen-bond acceptors (Lipinski definition) is 1. The van der Waals surface area contributed by atoms with Gasteiger partial charge in [0, 0.05) is 17.1 Å². The molecule has 2 heteroatoms. The summed E-state index contributed by atoms with van der Waals surface area (Å²) in [4.78, 5) is 4.34. The lowest BCUT2D eigenvalue weighted by Gasteiger charge is -2.01. The zero-order chi connectivity index (χ0) is 13.1. The monoisotopic (exact) mass is 249 g/mol. The maximum absolute atomic E-state index is 13.5. The molecule has 1 aromatic heterocycles. The van der Waals surface area contributed by atoms with Crippen molar-refractivity contribution in [3.05, 3.63) is 77.9 Å². The predicted octanol–water partition coefficient (Wildman–Crippen LogP) is 4.54. The van der Waals surface area contributed by atoms with E-state index in [9.17, 15) is 4.39 Å². The Morgan fingerprint density at radius 1 is 0.842 bits per heavy atom. The minimum absolute atomic E-state index is 0.223. The fraction of sp³-hybridized carbons (Fsp3) is 0. The van der Waals surface area contributed by atoms with E-state index in [1.165, 1.54) is 6.07 Å². The molecule has 0 aliphatic carbocycles. The summed E-state index contributed by atoms with van der Waals surface area (Å²) in [6.07, 6.45) is 5.37. The van der Waals surface area contributed by atoms with E-state index in [1.54, 1.807) is 24.4 Å². The third kappa shape index (κ3) is 2.38. The summed E-state index contributed by atoms with van der Waals surface area (Å²) in [7, 11) is 0. The van der Waals surface area contributed by atoms with Crippen LogP contribution in [0.2, 0.25) is 0 Å². The lowest BCUT2D eigenvalue weighted by atomic mass is 10.1. The summed E-state index contributed by atoms with van der Waals surface area (Å²) in [6, 6.07) is 16.7. The minimum Gasteiger partial charge on any atom is -0.256 e. The molecule has 92 valence electrons. The van der Waals surface area contributed by atoms with Crippen molar-refractivity contribution in [2.75, 3.05) is 0 Å². The highest BCUT2D eigenvalue weighted by molar-refractivity contribution is 5.91. The van der Waals surface area contributed by atoms with Crippen LogP contribution in [0.15, 0.2) is 60.8 Å². The molecule has 0 saturated carbocycles. The van der Waals surface area contributed by atoms with E-state index < -0.39 is 0 Å². The van der Waals surface area contributed by atoms with E-state index in [0.717, 1.165) is 16.5 Å². The standard InChI is InChI=1S/C17H12FN/c18-16-8-4-2-6-14(16)9-10-17-15-7-3-1-5-13(15)11-12-19-17/h1-12H. The fourth-order valence-electron chi connectivity index (χ4n) is 2.05. The van der Waals surface area contributed by atoms with Gasteiger partial charge in [0.15, 0.2) is 0 Å². The number of benzene rings is 2. The molecule has 0 unspecified atom stereocenters. The predicted molar refractivity (Wildman–Crippen MR) is 77.1 cm³/mol. The number of nitrogens with zero attached hydrogens (tertiary/aromatic N) is 1. The van der Waals surface area contributed by atoms with E-state index in [-0.39, 0.29) is 5.82 Å². The van der Waals surface area contributed by atoms with Crippen molar-refractivity contribution in [1.82, 2.24) is 4.98 Å². The highest BCUT2D eigenvalue weighted by Crippen LogP contribution is 2.19. The summed E-state index contributed by atoms with van der Waals surface area (Å²) in [5.74, 6) is -0.223. The van der Waals surface area contributed by atoms with E-state index in [1.807, 2.05) is 42.5 Å². The molecular formula is C17H12FN. The number of pyridine rings is 1. The number of fused-ring (bicyclic) bond motifs is 1. The second-order valence-corrected chi connectivity index (χ2v) is 4.27. The first-order chi connectivity index (χ1) is 9.34. The Kier molecular flexibility index (Phi) is 3.07. The van der Waals surface area contributed by atoms with Gasteiger partial charge in [-0.15, -0.1) is 0 Å². The van der Waals surface area contributed by atoms with Crippen molar-refractivity contribution in [2.24, 2.45) is 0 Å². The summed E-state index contributed by atoms with van der Waals surface area (Å²) >= 11 is 0. The van der Waals surface area contributed by atoms with Gasteiger partial charge in [-0.3, -0.25) is 4.98 Å². The fourth-order valence-corrected chi connectivity index (χ4v) is 2.05. The van der Waals surface area contributed by atoms with Crippen molar-refractivity contribution in [2.45, 2.75) is 0 Å². The number of aromatic nitrogens is 1. The van der Waals surface area contributed by atoms with Gasteiger partial charge >= 0.3 is 0 Å². The van der Waals surface area contributed by atoms with Gasteiger partial charge in [0.1, 0.15) is 5.82 Å². The smallest absolute Gasteiger partial charge is 0.130 e. The van der Waals surface area contributed by atoms with Crippen LogP contribution in [0.1, 0.15) is 11.3 Å². The highest BCUT2D eigenvalue weighted by Gasteiger charge is 1.99. The molecule has 0 spiro atoms. The molecule has 1 nitrogen and oxygen atoms in total. The average Bonchev–Trinajstić information content (AvgIpc) is 2.46. The molecule has 19 heavy (non-hydrogen) atoms. The van der Waals surface area contributed by atoms with Gasteiger partial charge in [-0.1, -0.05) is 42.5 Å². The van der Waals surface area contributed by atoms with Gasteiger partial charge < -0.3 is 0 Å². The summed E-state index contributed by atoms with van der Waals surface area (Å²) in [5, 5.41) is 2.20. The normalized spacial score (nSPS) is 11.2. The summed E-state index contributed by atoms with van der Waals surface area (Å²) < 4.78 is 13.5. The average molecular weight is 249 g/mol. The van der Waals surface area contributed by atoms with Crippen molar-refractivity contribution >= 4 is 22.9 Å². The van der Waals surface area contributed by atoms with Crippen LogP contribution in [0.5, 0.6) is 0 Å². The van der Waals surface area contributed by atoms with Crippen molar-refractivity contribution in [3.8, 4) is 0 Å². The molecule has 3 aromatic rings. The number of hydrogen-bond donors (Lipinski definition) is 0. The molecule has 0 radical (unpaired) electrons. The Hall–Kier alpha value is -2.48. The quantitative estimate of drug-likeness (QED) is 0.649. The number of rotatable bonds is 2. The highest BCUT2D eigenvalue weighted by atomic mass is 19.1. The van der Waals surface area contributed by atoms with Gasteiger partial charge in [0.05, 0.1) is 5.69 Å². The van der Waals surface area contributed by atoms with E-state index in [0.29, 0.717) is 5.56 Å². The molecule has 2 aromatic carbocycles. The summed E-state index contributed by atoms with van der Waals surface area (Å²) in [5.41, 5.74) is 1.42. The van der Waals surface area contributed by atoms with Crippen molar-refractivity contribution < 1.29 is 4.39 Å². The Labute approximate surface area is 111 Å². The lowest BCUT2D eigenvalue weighted by Crippen LogP contribution is -1.84. The molecule has 0 fully saturated rings. The van der Waals surface area contributed by atoms with Gasteiger partial charge in [-0.05, 0) is 29.7 Å². The van der Waals surface area contributed by atoms with Gasteiger partial charge in [0.25, 0.3) is 0 Å². The van der Waals surface area contributed by atoms with E-state index >= 15 is 0 Å². The first-order valence-electron chi connectivity index (χ1n) is 6.11.